The summed E-state index contributed by atoms with van der Waals surface area (Å²) in [5, 5.41) is 27.3. The molecule has 1 amide bonds. The predicted molar refractivity (Wildman–Crippen MR) is 161 cm³/mol. The van der Waals surface area contributed by atoms with Crippen LogP contribution < -0.4 is 16.4 Å². The van der Waals surface area contributed by atoms with Crippen molar-refractivity contribution < 1.29 is 19.4 Å². The van der Waals surface area contributed by atoms with E-state index in [1.165, 1.54) is 50.3 Å². The van der Waals surface area contributed by atoms with Gasteiger partial charge in [-0.2, -0.15) is 0 Å². The maximum atomic E-state index is 11.8. The Labute approximate surface area is 251 Å². The molecule has 4 N–H and O–H groups in total. The van der Waals surface area contributed by atoms with Gasteiger partial charge < -0.3 is 21.1 Å². The molecule has 0 aromatic carbocycles. The normalized spacial score (nSPS) is 21.8. The van der Waals surface area contributed by atoms with Crippen LogP contribution >= 0.6 is 11.6 Å². The van der Waals surface area contributed by atoms with E-state index in [1.54, 1.807) is 6.07 Å². The molecule has 2 fully saturated rings. The molecule has 0 bridgehead atoms. The number of amides is 1. The number of anilines is 1. The summed E-state index contributed by atoms with van der Waals surface area (Å²) in [5.74, 6) is 0.940. The molecule has 2 aliphatic rings. The lowest BCUT2D eigenvalue weighted by atomic mass is 9.88. The molecule has 2 heterocycles. The summed E-state index contributed by atoms with van der Waals surface area (Å²) < 4.78 is 5.26. The van der Waals surface area contributed by atoms with Crippen LogP contribution in [-0.2, 0) is 4.74 Å². The SMILES string of the molecule is CC(C)(C)OC(=O)NC1CCC(Nc2ccncc2[N+](=O)[O-])CC1.CC1CCC(N)CC1.O=[N+]([O-])c1cnccc1Cl. The Hall–Kier alpha value is -3.58. The van der Waals surface area contributed by atoms with Crippen molar-refractivity contribution in [3.05, 3.63) is 62.2 Å². The standard InChI is InChI=1S/C16H24N4O4.C7H15N.C5H3ClN2O2/c1-16(2,3)24-15(21)19-12-6-4-11(5-7-12)18-13-8-9-17-10-14(13)20(22)23;1-6-2-4-7(8)5-3-6;6-4-1-2-7-3-5(4)8(9)10/h8-12H,4-7H2,1-3H3,(H,17,18)(H,19,21);6-7H,2-5,8H2,1H3;1-3H. The summed E-state index contributed by atoms with van der Waals surface area (Å²) in [6.45, 7) is 7.80. The van der Waals surface area contributed by atoms with Crippen molar-refractivity contribution in [2.45, 2.75) is 103 Å². The highest BCUT2D eigenvalue weighted by molar-refractivity contribution is 6.32. The number of pyridine rings is 2. The molecule has 0 radical (unpaired) electrons. The van der Waals surface area contributed by atoms with Gasteiger partial charge in [0.15, 0.2) is 0 Å². The van der Waals surface area contributed by atoms with Crippen LogP contribution in [0, 0.1) is 26.1 Å². The van der Waals surface area contributed by atoms with E-state index in [0.717, 1.165) is 37.8 Å². The number of nitrogens with zero attached hydrogens (tertiary/aromatic N) is 4. The van der Waals surface area contributed by atoms with Crippen LogP contribution in [-0.4, -0.2) is 49.6 Å². The summed E-state index contributed by atoms with van der Waals surface area (Å²) in [6, 6.07) is 3.72. The van der Waals surface area contributed by atoms with Gasteiger partial charge in [0, 0.05) is 30.5 Å². The Morgan fingerprint density at radius 2 is 1.45 bits per heavy atom. The lowest BCUT2D eigenvalue weighted by molar-refractivity contribution is -0.385. The molecule has 0 aliphatic heterocycles. The van der Waals surface area contributed by atoms with E-state index in [0.29, 0.717) is 11.7 Å². The number of aromatic nitrogens is 2. The Morgan fingerprint density at radius 1 is 0.929 bits per heavy atom. The molecule has 2 aromatic heterocycles. The highest BCUT2D eigenvalue weighted by Gasteiger charge is 2.26. The van der Waals surface area contributed by atoms with Crippen LogP contribution in [0.3, 0.4) is 0 Å². The van der Waals surface area contributed by atoms with Crippen molar-refractivity contribution >= 4 is 34.8 Å². The highest BCUT2D eigenvalue weighted by atomic mass is 35.5. The number of nitrogens with two attached hydrogens (primary N) is 1. The van der Waals surface area contributed by atoms with Gasteiger partial charge in [0.25, 0.3) is 0 Å². The summed E-state index contributed by atoms with van der Waals surface area (Å²) in [5.41, 5.74) is 5.49. The average molecular weight is 608 g/mol. The van der Waals surface area contributed by atoms with Crippen molar-refractivity contribution in [2.24, 2.45) is 11.7 Å². The summed E-state index contributed by atoms with van der Waals surface area (Å²) in [7, 11) is 0. The molecular weight excluding hydrogens is 566 g/mol. The second-order valence-electron chi connectivity index (χ2n) is 11.6. The van der Waals surface area contributed by atoms with Gasteiger partial charge in [-0.1, -0.05) is 18.5 Å². The fourth-order valence-electron chi connectivity index (χ4n) is 4.52. The largest absolute Gasteiger partial charge is 0.444 e. The molecule has 14 heteroatoms. The Balaban J connectivity index is 0.000000278. The number of rotatable bonds is 5. The van der Waals surface area contributed by atoms with E-state index in [1.807, 2.05) is 20.8 Å². The van der Waals surface area contributed by atoms with E-state index >= 15 is 0 Å². The molecule has 42 heavy (non-hydrogen) atoms. The third-order valence-electron chi connectivity index (χ3n) is 6.81. The van der Waals surface area contributed by atoms with Crippen LogP contribution in [0.5, 0.6) is 0 Å². The van der Waals surface area contributed by atoms with Crippen molar-refractivity contribution in [1.29, 1.82) is 0 Å². The zero-order chi connectivity index (χ0) is 31.3. The van der Waals surface area contributed by atoms with Gasteiger partial charge in [-0.25, -0.2) is 4.79 Å². The molecule has 232 valence electrons. The number of ether oxygens (including phenoxy) is 1. The first-order valence-electron chi connectivity index (χ1n) is 14.1. The Morgan fingerprint density at radius 3 is 1.93 bits per heavy atom. The van der Waals surface area contributed by atoms with Crippen LogP contribution in [0.15, 0.2) is 36.9 Å². The van der Waals surface area contributed by atoms with E-state index < -0.39 is 21.5 Å². The van der Waals surface area contributed by atoms with E-state index in [2.05, 4.69) is 27.5 Å². The lowest BCUT2D eigenvalue weighted by Gasteiger charge is -2.30. The highest BCUT2D eigenvalue weighted by Crippen LogP contribution is 2.28. The second kappa shape index (κ2) is 16.8. The fraction of sp³-hybridized carbons (Fsp3) is 0.607. The van der Waals surface area contributed by atoms with E-state index in [4.69, 9.17) is 22.1 Å². The van der Waals surface area contributed by atoms with Gasteiger partial charge in [0.1, 0.15) is 28.7 Å². The fourth-order valence-corrected chi connectivity index (χ4v) is 4.69. The zero-order valence-electron chi connectivity index (χ0n) is 24.6. The first-order chi connectivity index (χ1) is 19.7. The minimum atomic E-state index is -0.574. The van der Waals surface area contributed by atoms with Gasteiger partial charge in [-0.3, -0.25) is 30.2 Å². The lowest BCUT2D eigenvalue weighted by Crippen LogP contribution is -2.42. The van der Waals surface area contributed by atoms with Crippen LogP contribution in [0.2, 0.25) is 5.02 Å². The van der Waals surface area contributed by atoms with Gasteiger partial charge in [0.05, 0.1) is 9.85 Å². The van der Waals surface area contributed by atoms with Crippen LogP contribution in [0.25, 0.3) is 0 Å². The van der Waals surface area contributed by atoms with Crippen molar-refractivity contribution in [1.82, 2.24) is 15.3 Å². The molecule has 2 aromatic rings. The van der Waals surface area contributed by atoms with Crippen molar-refractivity contribution in [3.63, 3.8) is 0 Å². The van der Waals surface area contributed by atoms with Gasteiger partial charge in [-0.05, 0) is 90.2 Å². The third kappa shape index (κ3) is 12.9. The molecule has 2 aliphatic carbocycles. The summed E-state index contributed by atoms with van der Waals surface area (Å²) in [4.78, 5) is 39.2. The predicted octanol–water partition coefficient (Wildman–Crippen LogP) is 6.40. The molecule has 4 rings (SSSR count). The average Bonchev–Trinajstić information content (AvgIpc) is 2.91. The number of carbonyl (C=O) groups excluding carboxylic acids is 1. The molecule has 0 saturated heterocycles. The number of nitrogens with one attached hydrogen (secondary N) is 2. The molecule has 2 saturated carbocycles. The number of halogens is 1. The topological polar surface area (TPSA) is 188 Å². The molecular formula is C28H42ClN7O6. The maximum absolute atomic E-state index is 11.8. The minimum Gasteiger partial charge on any atom is -0.444 e. The third-order valence-corrected chi connectivity index (χ3v) is 7.13. The van der Waals surface area contributed by atoms with Crippen LogP contribution in [0.4, 0.5) is 21.9 Å². The van der Waals surface area contributed by atoms with Gasteiger partial charge >= 0.3 is 17.5 Å². The zero-order valence-corrected chi connectivity index (χ0v) is 25.4. The second-order valence-corrected chi connectivity index (χ2v) is 12.0. The Kier molecular flexibility index (Phi) is 13.8. The first-order valence-corrected chi connectivity index (χ1v) is 14.5. The van der Waals surface area contributed by atoms with Crippen molar-refractivity contribution in [3.8, 4) is 0 Å². The van der Waals surface area contributed by atoms with Crippen molar-refractivity contribution in [2.75, 3.05) is 5.32 Å². The smallest absolute Gasteiger partial charge is 0.407 e. The summed E-state index contributed by atoms with van der Waals surface area (Å²) in [6.07, 6.45) is 13.3. The van der Waals surface area contributed by atoms with Gasteiger partial charge in [-0.15, -0.1) is 0 Å². The number of carbonyl (C=O) groups is 1. The first kappa shape index (κ1) is 34.6. The monoisotopic (exact) mass is 607 g/mol. The van der Waals surface area contributed by atoms with E-state index in [-0.39, 0.29) is 28.5 Å². The quantitative estimate of drug-likeness (QED) is 0.253. The van der Waals surface area contributed by atoms with Crippen LogP contribution in [0.1, 0.15) is 79.1 Å². The summed E-state index contributed by atoms with van der Waals surface area (Å²) >= 11 is 5.44. The number of nitro groups is 2. The molecule has 0 atom stereocenters. The Bertz CT molecular complexity index is 1150. The number of alkyl carbamates (subject to hydrolysis) is 1. The molecule has 0 unspecified atom stereocenters. The molecule has 13 nitrogen and oxygen atoms in total. The molecule has 0 spiro atoms. The maximum Gasteiger partial charge on any atom is 0.407 e. The number of hydrogen-bond acceptors (Lipinski definition) is 10. The van der Waals surface area contributed by atoms with Gasteiger partial charge in [0.2, 0.25) is 0 Å². The van der Waals surface area contributed by atoms with E-state index in [9.17, 15) is 25.0 Å². The number of hydrogen-bond donors (Lipinski definition) is 3. The minimum absolute atomic E-state index is 0.0218.